The third kappa shape index (κ3) is 4.48. The summed E-state index contributed by atoms with van der Waals surface area (Å²) in [6.45, 7) is 12.3. The highest BCUT2D eigenvalue weighted by Gasteiger charge is 2.52. The van der Waals surface area contributed by atoms with E-state index in [0.717, 1.165) is 36.7 Å². The first kappa shape index (κ1) is 22.6. The second-order valence-corrected chi connectivity index (χ2v) is 11.5. The lowest BCUT2D eigenvalue weighted by molar-refractivity contribution is 0.0266. The number of nitrogens with one attached hydrogen (secondary N) is 1. The second kappa shape index (κ2) is 8.56. The van der Waals surface area contributed by atoms with Crippen LogP contribution >= 0.6 is 0 Å². The number of fused-ring (bicyclic) bond motifs is 4. The van der Waals surface area contributed by atoms with E-state index in [1.165, 1.54) is 24.0 Å². The predicted molar refractivity (Wildman–Crippen MR) is 134 cm³/mol. The number of carbonyl (C=O) groups is 1. The first-order valence-electron chi connectivity index (χ1n) is 12.6. The van der Waals surface area contributed by atoms with E-state index in [1.807, 2.05) is 18.2 Å². The van der Waals surface area contributed by atoms with Gasteiger partial charge < -0.3 is 10.1 Å². The Bertz CT molecular complexity index is 1010. The summed E-state index contributed by atoms with van der Waals surface area (Å²) in [5.74, 6) is 1.48. The van der Waals surface area contributed by atoms with Gasteiger partial charge in [0, 0.05) is 17.8 Å². The number of carbonyl (C=O) groups excluding carboxylic acids is 1. The molecule has 33 heavy (non-hydrogen) atoms. The van der Waals surface area contributed by atoms with Crippen molar-refractivity contribution in [2.45, 2.75) is 70.6 Å². The molecule has 0 unspecified atom stereocenters. The van der Waals surface area contributed by atoms with E-state index in [0.29, 0.717) is 24.9 Å². The van der Waals surface area contributed by atoms with Gasteiger partial charge in [-0.1, -0.05) is 44.2 Å². The van der Waals surface area contributed by atoms with Crippen LogP contribution in [0.5, 0.6) is 0 Å². The van der Waals surface area contributed by atoms with Gasteiger partial charge in [0.2, 0.25) is 0 Å². The number of ether oxygens (including phenoxy) is 1. The lowest BCUT2D eigenvalue weighted by Crippen LogP contribution is -2.61. The van der Waals surface area contributed by atoms with Crippen LogP contribution in [0.25, 0.3) is 0 Å². The monoisotopic (exact) mass is 446 g/mol. The molecule has 2 bridgehead atoms. The van der Waals surface area contributed by atoms with Crippen molar-refractivity contribution in [1.82, 2.24) is 4.90 Å². The lowest BCUT2D eigenvalue weighted by atomic mass is 9.58. The standard InChI is InChI=1S/C29H38N2O2/c1-20-26-27(32)24-13-12-23(30-28(2,3)19-33-18-22-8-6-5-7-9-22)16-25(24)29(20,4)14-15-31(26)17-21-10-11-21/h5-9,12-13,16,20-21,26,30H,10-11,14-15,17-19H2,1-4H3/t20-,26-,29+/m0/s1. The minimum absolute atomic E-state index is 0.0403. The molecule has 5 rings (SSSR count). The third-order valence-electron chi connectivity index (χ3n) is 8.21. The van der Waals surface area contributed by atoms with Gasteiger partial charge in [-0.15, -0.1) is 0 Å². The van der Waals surface area contributed by atoms with Gasteiger partial charge in [0.25, 0.3) is 0 Å². The molecule has 1 saturated carbocycles. The first-order chi connectivity index (χ1) is 15.8. The SMILES string of the molecule is C[C@H]1[C@H]2C(=O)c3ccc(NC(C)(C)COCc4ccccc4)cc3[C@]1(C)CCN2CC1CC1. The molecule has 0 aromatic heterocycles. The topological polar surface area (TPSA) is 41.6 Å². The molecular weight excluding hydrogens is 408 g/mol. The number of likely N-dealkylation sites (tertiary alicyclic amines) is 1. The number of anilines is 1. The molecule has 176 valence electrons. The quantitative estimate of drug-likeness (QED) is 0.567. The Morgan fingerprint density at radius 3 is 2.64 bits per heavy atom. The van der Waals surface area contributed by atoms with Crippen LogP contribution in [0.15, 0.2) is 48.5 Å². The summed E-state index contributed by atoms with van der Waals surface area (Å²) >= 11 is 0. The first-order valence-corrected chi connectivity index (χ1v) is 12.6. The highest BCUT2D eigenvalue weighted by atomic mass is 16.5. The van der Waals surface area contributed by atoms with Crippen LogP contribution in [-0.4, -0.2) is 42.0 Å². The molecular formula is C29H38N2O2. The van der Waals surface area contributed by atoms with E-state index < -0.39 is 0 Å². The Kier molecular flexibility index (Phi) is 5.86. The summed E-state index contributed by atoms with van der Waals surface area (Å²) in [6, 6.07) is 16.7. The zero-order valence-electron chi connectivity index (χ0n) is 20.6. The van der Waals surface area contributed by atoms with Gasteiger partial charge in [-0.2, -0.15) is 0 Å². The maximum absolute atomic E-state index is 13.6. The fraction of sp³-hybridized carbons (Fsp3) is 0.552. The molecule has 2 fully saturated rings. The van der Waals surface area contributed by atoms with Crippen molar-refractivity contribution < 1.29 is 9.53 Å². The number of Topliss-reactive ketones (excluding diaryl/α,β-unsaturated/α-hetero) is 1. The molecule has 1 aliphatic heterocycles. The molecule has 0 spiro atoms. The molecule has 1 heterocycles. The number of benzene rings is 2. The second-order valence-electron chi connectivity index (χ2n) is 11.5. The average molecular weight is 447 g/mol. The molecule has 2 aromatic rings. The molecule has 1 N–H and O–H groups in total. The molecule has 3 atom stereocenters. The summed E-state index contributed by atoms with van der Waals surface area (Å²) < 4.78 is 6.02. The third-order valence-corrected chi connectivity index (χ3v) is 8.21. The fourth-order valence-corrected chi connectivity index (χ4v) is 5.91. The van der Waals surface area contributed by atoms with Crippen molar-refractivity contribution in [3.05, 3.63) is 65.2 Å². The van der Waals surface area contributed by atoms with Gasteiger partial charge in [-0.3, -0.25) is 9.69 Å². The van der Waals surface area contributed by atoms with Crippen LogP contribution < -0.4 is 5.32 Å². The Hall–Kier alpha value is -2.17. The highest BCUT2D eigenvalue weighted by molar-refractivity contribution is 6.04. The van der Waals surface area contributed by atoms with Gasteiger partial charge in [-0.25, -0.2) is 0 Å². The van der Waals surface area contributed by atoms with E-state index in [1.54, 1.807) is 0 Å². The number of ketones is 1. The van der Waals surface area contributed by atoms with Gasteiger partial charge >= 0.3 is 0 Å². The maximum atomic E-state index is 13.6. The van der Waals surface area contributed by atoms with Crippen LogP contribution in [0, 0.1) is 11.8 Å². The molecule has 0 amide bonds. The molecule has 0 radical (unpaired) electrons. The summed E-state index contributed by atoms with van der Waals surface area (Å²) in [5.41, 5.74) is 4.25. The van der Waals surface area contributed by atoms with E-state index in [2.05, 4.69) is 68.2 Å². The van der Waals surface area contributed by atoms with Crippen molar-refractivity contribution in [1.29, 1.82) is 0 Å². The molecule has 2 aliphatic carbocycles. The summed E-state index contributed by atoms with van der Waals surface area (Å²) in [4.78, 5) is 16.1. The number of piperidine rings is 1. The summed E-state index contributed by atoms with van der Waals surface area (Å²) in [7, 11) is 0. The van der Waals surface area contributed by atoms with E-state index in [-0.39, 0.29) is 17.0 Å². The van der Waals surface area contributed by atoms with Gasteiger partial charge in [0.1, 0.15) is 0 Å². The zero-order valence-corrected chi connectivity index (χ0v) is 20.6. The predicted octanol–water partition coefficient (Wildman–Crippen LogP) is 5.67. The minimum Gasteiger partial charge on any atom is -0.378 e. The van der Waals surface area contributed by atoms with Gasteiger partial charge in [0.05, 0.1) is 24.8 Å². The summed E-state index contributed by atoms with van der Waals surface area (Å²) in [6.07, 6.45) is 3.78. The Morgan fingerprint density at radius 2 is 1.91 bits per heavy atom. The van der Waals surface area contributed by atoms with Crippen LogP contribution in [0.3, 0.4) is 0 Å². The normalized spacial score (nSPS) is 27.3. The average Bonchev–Trinajstić information content (AvgIpc) is 3.60. The van der Waals surface area contributed by atoms with Crippen LogP contribution in [0.1, 0.15) is 68.4 Å². The number of rotatable bonds is 8. The number of hydrogen-bond donors (Lipinski definition) is 1. The maximum Gasteiger partial charge on any atom is 0.180 e. The van der Waals surface area contributed by atoms with Crippen molar-refractivity contribution >= 4 is 11.5 Å². The molecule has 3 aliphatic rings. The zero-order chi connectivity index (χ0) is 23.2. The Morgan fingerprint density at radius 1 is 1.15 bits per heavy atom. The van der Waals surface area contributed by atoms with Crippen LogP contribution in [0.4, 0.5) is 5.69 Å². The van der Waals surface area contributed by atoms with Gasteiger partial charge in [0.15, 0.2) is 5.78 Å². The summed E-state index contributed by atoms with van der Waals surface area (Å²) in [5, 5.41) is 3.67. The van der Waals surface area contributed by atoms with E-state index in [4.69, 9.17) is 4.74 Å². The highest BCUT2D eigenvalue weighted by Crippen LogP contribution is 2.50. The van der Waals surface area contributed by atoms with Crippen molar-refractivity contribution in [2.75, 3.05) is 25.0 Å². The van der Waals surface area contributed by atoms with Crippen LogP contribution in [0.2, 0.25) is 0 Å². The Labute approximate surface area is 198 Å². The fourth-order valence-electron chi connectivity index (χ4n) is 5.91. The smallest absolute Gasteiger partial charge is 0.180 e. The van der Waals surface area contributed by atoms with Crippen molar-refractivity contribution in [3.63, 3.8) is 0 Å². The molecule has 2 aromatic carbocycles. The number of hydrogen-bond acceptors (Lipinski definition) is 4. The lowest BCUT2D eigenvalue weighted by Gasteiger charge is -2.53. The molecule has 4 heteroatoms. The van der Waals surface area contributed by atoms with E-state index >= 15 is 0 Å². The number of nitrogens with zero attached hydrogens (tertiary/aromatic N) is 1. The molecule has 4 nitrogen and oxygen atoms in total. The molecule has 1 saturated heterocycles. The van der Waals surface area contributed by atoms with Gasteiger partial charge in [-0.05, 0) is 86.2 Å². The van der Waals surface area contributed by atoms with Crippen molar-refractivity contribution in [2.24, 2.45) is 11.8 Å². The Balaban J connectivity index is 1.31. The minimum atomic E-state index is -0.218. The van der Waals surface area contributed by atoms with Crippen LogP contribution in [-0.2, 0) is 16.8 Å². The largest absolute Gasteiger partial charge is 0.378 e. The van der Waals surface area contributed by atoms with E-state index in [9.17, 15) is 4.79 Å². The van der Waals surface area contributed by atoms with Crippen molar-refractivity contribution in [3.8, 4) is 0 Å².